The SMILES string of the molecule is NCCc1ccc(NS(=O)O)cc1. The molecule has 1 aromatic carbocycles. The summed E-state index contributed by atoms with van der Waals surface area (Å²) in [5, 5.41) is 0. The minimum Gasteiger partial charge on any atom is -0.330 e. The molecular formula is C8H12N2O2S. The van der Waals surface area contributed by atoms with Crippen LogP contribution in [0, 0.1) is 0 Å². The van der Waals surface area contributed by atoms with Gasteiger partial charge in [-0.3, -0.25) is 9.27 Å². The molecule has 1 unspecified atom stereocenters. The molecule has 13 heavy (non-hydrogen) atoms. The Hall–Kier alpha value is -0.910. The second kappa shape index (κ2) is 4.96. The first kappa shape index (κ1) is 10.2. The zero-order valence-corrected chi connectivity index (χ0v) is 7.88. The van der Waals surface area contributed by atoms with Crippen LogP contribution >= 0.6 is 0 Å². The number of hydrogen-bond donors (Lipinski definition) is 3. The lowest BCUT2D eigenvalue weighted by Gasteiger charge is -2.02. The van der Waals surface area contributed by atoms with Crippen molar-refractivity contribution in [3.8, 4) is 0 Å². The molecule has 0 aliphatic carbocycles. The molecule has 5 heteroatoms. The highest BCUT2D eigenvalue weighted by Crippen LogP contribution is 2.09. The third-order valence-electron chi connectivity index (χ3n) is 1.59. The summed E-state index contributed by atoms with van der Waals surface area (Å²) in [6, 6.07) is 7.25. The lowest BCUT2D eigenvalue weighted by atomic mass is 10.1. The molecule has 4 nitrogen and oxygen atoms in total. The summed E-state index contributed by atoms with van der Waals surface area (Å²) in [6.07, 6.45) is 0.822. The van der Waals surface area contributed by atoms with Gasteiger partial charge < -0.3 is 5.73 Å². The van der Waals surface area contributed by atoms with Crippen molar-refractivity contribution in [1.29, 1.82) is 0 Å². The van der Waals surface area contributed by atoms with E-state index < -0.39 is 11.3 Å². The van der Waals surface area contributed by atoms with Gasteiger partial charge in [0.2, 0.25) is 0 Å². The van der Waals surface area contributed by atoms with E-state index in [0.29, 0.717) is 12.2 Å². The molecule has 0 saturated heterocycles. The second-order valence-corrected chi connectivity index (χ2v) is 3.29. The van der Waals surface area contributed by atoms with E-state index in [-0.39, 0.29) is 0 Å². The Morgan fingerprint density at radius 2 is 2.00 bits per heavy atom. The van der Waals surface area contributed by atoms with Crippen LogP contribution in [0.3, 0.4) is 0 Å². The largest absolute Gasteiger partial charge is 0.330 e. The zero-order chi connectivity index (χ0) is 9.68. The molecule has 0 radical (unpaired) electrons. The number of hydrogen-bond acceptors (Lipinski definition) is 2. The van der Waals surface area contributed by atoms with Crippen LogP contribution in [0.1, 0.15) is 5.56 Å². The minimum atomic E-state index is -2.00. The Kier molecular flexibility index (Phi) is 3.88. The summed E-state index contributed by atoms with van der Waals surface area (Å²) in [6.45, 7) is 0.610. The fourth-order valence-corrected chi connectivity index (χ4v) is 1.34. The topological polar surface area (TPSA) is 75.3 Å². The molecule has 72 valence electrons. The van der Waals surface area contributed by atoms with Crippen molar-refractivity contribution in [2.45, 2.75) is 6.42 Å². The van der Waals surface area contributed by atoms with Crippen LogP contribution in [-0.2, 0) is 17.7 Å². The number of benzene rings is 1. The quantitative estimate of drug-likeness (QED) is 0.627. The minimum absolute atomic E-state index is 0.610. The van der Waals surface area contributed by atoms with Gasteiger partial charge >= 0.3 is 0 Å². The summed E-state index contributed by atoms with van der Waals surface area (Å²) in [5.41, 5.74) is 7.12. The molecule has 0 aliphatic rings. The van der Waals surface area contributed by atoms with Crippen LogP contribution in [0.25, 0.3) is 0 Å². The maximum absolute atomic E-state index is 10.4. The number of nitrogens with two attached hydrogens (primary N) is 1. The maximum atomic E-state index is 10.4. The van der Waals surface area contributed by atoms with Gasteiger partial charge in [0.1, 0.15) is 0 Å². The van der Waals surface area contributed by atoms with E-state index in [1.165, 1.54) is 0 Å². The van der Waals surface area contributed by atoms with Gasteiger partial charge in [-0.1, -0.05) is 12.1 Å². The van der Waals surface area contributed by atoms with Crippen molar-refractivity contribution in [2.24, 2.45) is 5.73 Å². The van der Waals surface area contributed by atoms with Crippen LogP contribution in [0.15, 0.2) is 24.3 Å². The molecule has 0 fully saturated rings. The van der Waals surface area contributed by atoms with E-state index in [1.54, 1.807) is 12.1 Å². The molecule has 1 rings (SSSR count). The van der Waals surface area contributed by atoms with E-state index in [1.807, 2.05) is 12.1 Å². The van der Waals surface area contributed by atoms with Gasteiger partial charge in [-0.25, -0.2) is 4.21 Å². The molecule has 1 aromatic rings. The van der Waals surface area contributed by atoms with Gasteiger partial charge in [0.25, 0.3) is 11.3 Å². The molecule has 0 aliphatic heterocycles. The van der Waals surface area contributed by atoms with E-state index in [0.717, 1.165) is 12.0 Å². The van der Waals surface area contributed by atoms with E-state index >= 15 is 0 Å². The van der Waals surface area contributed by atoms with Crippen LogP contribution in [-0.4, -0.2) is 15.3 Å². The summed E-state index contributed by atoms with van der Waals surface area (Å²) < 4.78 is 21.2. The average Bonchev–Trinajstić information content (AvgIpc) is 2.08. The highest BCUT2D eigenvalue weighted by Gasteiger charge is 1.95. The van der Waals surface area contributed by atoms with Gasteiger partial charge in [-0.05, 0) is 30.7 Å². The van der Waals surface area contributed by atoms with Crippen molar-refractivity contribution in [1.82, 2.24) is 0 Å². The fraction of sp³-hybridized carbons (Fsp3) is 0.250. The van der Waals surface area contributed by atoms with Crippen LogP contribution in [0.4, 0.5) is 5.69 Å². The standard InChI is InChI=1S/C8H12N2O2S/c9-6-5-7-1-3-8(4-2-7)10-13(11)12/h1-4,10H,5-6,9H2,(H,11,12). The first-order chi connectivity index (χ1) is 6.22. The van der Waals surface area contributed by atoms with Crippen molar-refractivity contribution in [3.05, 3.63) is 29.8 Å². The Labute approximate surface area is 79.6 Å². The molecule has 0 aromatic heterocycles. The van der Waals surface area contributed by atoms with Gasteiger partial charge in [0.05, 0.1) is 0 Å². The Morgan fingerprint density at radius 1 is 1.38 bits per heavy atom. The van der Waals surface area contributed by atoms with Gasteiger partial charge in [-0.15, -0.1) is 0 Å². The summed E-state index contributed by atoms with van der Waals surface area (Å²) >= 11 is -2.00. The smallest absolute Gasteiger partial charge is 0.259 e. The predicted octanol–water partition coefficient (Wildman–Crippen LogP) is 0.736. The van der Waals surface area contributed by atoms with E-state index in [2.05, 4.69) is 4.72 Å². The molecule has 0 amide bonds. The lowest BCUT2D eigenvalue weighted by molar-refractivity contribution is 0.570. The molecule has 0 heterocycles. The second-order valence-electron chi connectivity index (χ2n) is 2.59. The third-order valence-corrected chi connectivity index (χ3v) is 2.00. The number of nitrogens with one attached hydrogen (secondary N) is 1. The molecule has 0 bridgehead atoms. The summed E-state index contributed by atoms with van der Waals surface area (Å²) in [4.78, 5) is 0. The monoisotopic (exact) mass is 200 g/mol. The predicted molar refractivity (Wildman–Crippen MR) is 53.6 cm³/mol. The van der Waals surface area contributed by atoms with Crippen molar-refractivity contribution < 1.29 is 8.76 Å². The highest BCUT2D eigenvalue weighted by atomic mass is 32.2. The number of rotatable bonds is 4. The molecule has 4 N–H and O–H groups in total. The Bertz CT molecular complexity index is 287. The van der Waals surface area contributed by atoms with Gasteiger partial charge in [-0.2, -0.15) is 0 Å². The maximum Gasteiger partial charge on any atom is 0.259 e. The van der Waals surface area contributed by atoms with Crippen LogP contribution in [0.2, 0.25) is 0 Å². The Balaban J connectivity index is 2.64. The number of anilines is 1. The fourth-order valence-electron chi connectivity index (χ4n) is 1.01. The summed E-state index contributed by atoms with van der Waals surface area (Å²) in [7, 11) is 0. The summed E-state index contributed by atoms with van der Waals surface area (Å²) in [5.74, 6) is 0. The first-order valence-corrected chi connectivity index (χ1v) is 4.99. The third kappa shape index (κ3) is 3.54. The van der Waals surface area contributed by atoms with E-state index in [9.17, 15) is 4.21 Å². The normalized spacial score (nSPS) is 12.5. The van der Waals surface area contributed by atoms with Gasteiger partial charge in [0.15, 0.2) is 0 Å². The van der Waals surface area contributed by atoms with E-state index in [4.69, 9.17) is 10.3 Å². The van der Waals surface area contributed by atoms with Gasteiger partial charge in [0, 0.05) is 5.69 Å². The highest BCUT2D eigenvalue weighted by molar-refractivity contribution is 7.80. The lowest BCUT2D eigenvalue weighted by Crippen LogP contribution is -2.04. The average molecular weight is 200 g/mol. The van der Waals surface area contributed by atoms with Crippen molar-refractivity contribution in [3.63, 3.8) is 0 Å². The van der Waals surface area contributed by atoms with Crippen molar-refractivity contribution >= 4 is 17.0 Å². The van der Waals surface area contributed by atoms with Crippen LogP contribution < -0.4 is 10.5 Å². The molecule has 0 spiro atoms. The Morgan fingerprint density at radius 3 is 2.46 bits per heavy atom. The van der Waals surface area contributed by atoms with Crippen molar-refractivity contribution in [2.75, 3.05) is 11.3 Å². The van der Waals surface area contributed by atoms with Crippen LogP contribution in [0.5, 0.6) is 0 Å². The zero-order valence-electron chi connectivity index (χ0n) is 7.06. The molecule has 0 saturated carbocycles. The molecule has 1 atom stereocenters. The first-order valence-electron chi connectivity index (χ1n) is 3.89. The molecular weight excluding hydrogens is 188 g/mol.